The predicted molar refractivity (Wildman–Crippen MR) is 124 cm³/mol. The summed E-state index contributed by atoms with van der Waals surface area (Å²) in [5.41, 5.74) is 3.09. The molecule has 0 atom stereocenters. The lowest BCUT2D eigenvalue weighted by molar-refractivity contribution is 1.34. The van der Waals surface area contributed by atoms with Gasteiger partial charge in [-0.15, -0.1) is 0 Å². The monoisotopic (exact) mass is 374 g/mol. The summed E-state index contributed by atoms with van der Waals surface area (Å²) in [6.07, 6.45) is 0. The minimum Gasteiger partial charge on any atom is -0.0693 e. The molecule has 4 rings (SSSR count). The lowest BCUT2D eigenvalue weighted by Crippen LogP contribution is -2.24. The van der Waals surface area contributed by atoms with Crippen molar-refractivity contribution in [2.45, 2.75) is 51.4 Å². The quantitative estimate of drug-likeness (QED) is 0.257. The molecule has 0 bridgehead atoms. The fraction of sp³-hybridized carbons (Fsp3) is 0.333. The number of hydrogen-bond donors (Lipinski definition) is 0. The van der Waals surface area contributed by atoms with Crippen molar-refractivity contribution in [1.82, 2.24) is 0 Å². The van der Waals surface area contributed by atoms with Crippen LogP contribution in [0.5, 0.6) is 0 Å². The summed E-state index contributed by atoms with van der Waals surface area (Å²) in [5, 5.41) is 8.73. The van der Waals surface area contributed by atoms with Crippen LogP contribution in [0.4, 0.5) is 0 Å². The summed E-state index contributed by atoms with van der Waals surface area (Å²) in [6, 6.07) is 21.4. The Labute approximate surface area is 159 Å². The molecule has 4 aromatic carbocycles. The second-order valence-corrected chi connectivity index (χ2v) is 21.3. The van der Waals surface area contributed by atoms with E-state index in [0.29, 0.717) is 0 Å². The molecule has 0 aliphatic rings. The van der Waals surface area contributed by atoms with Gasteiger partial charge in [0.1, 0.15) is 0 Å². The average molecular weight is 375 g/mol. The highest BCUT2D eigenvalue weighted by molar-refractivity contribution is 6.76. The molecule has 0 heterocycles. The summed E-state index contributed by atoms with van der Waals surface area (Å²) < 4.78 is 0. The standard InChI is InChI=1S/C24H30Si2/c1-25(2,3)15-19-9-7-17-12-14-22-20(16-26(4,5)6)10-8-18-11-13-21(19)23(17)24(18)22/h7-14H,15-16H2,1-6H3. The second kappa shape index (κ2) is 5.93. The van der Waals surface area contributed by atoms with Gasteiger partial charge in [0, 0.05) is 16.1 Å². The highest BCUT2D eigenvalue weighted by Gasteiger charge is 2.20. The van der Waals surface area contributed by atoms with Crippen LogP contribution in [-0.2, 0) is 12.1 Å². The van der Waals surface area contributed by atoms with Crippen molar-refractivity contribution >= 4 is 48.5 Å². The van der Waals surface area contributed by atoms with Crippen molar-refractivity contribution in [1.29, 1.82) is 0 Å². The minimum atomic E-state index is -1.15. The molecule has 2 heteroatoms. The van der Waals surface area contributed by atoms with E-state index in [1.165, 1.54) is 44.4 Å². The molecule has 0 N–H and O–H groups in total. The fourth-order valence-corrected chi connectivity index (χ4v) is 7.27. The van der Waals surface area contributed by atoms with E-state index in [2.05, 4.69) is 87.8 Å². The topological polar surface area (TPSA) is 0 Å². The molecule has 0 unspecified atom stereocenters. The van der Waals surface area contributed by atoms with Gasteiger partial charge in [0.25, 0.3) is 0 Å². The molecule has 0 saturated carbocycles. The van der Waals surface area contributed by atoms with Crippen LogP contribution in [0.2, 0.25) is 39.3 Å². The molecule has 0 nitrogen and oxygen atoms in total. The number of hydrogen-bond acceptors (Lipinski definition) is 0. The maximum Gasteiger partial charge on any atom is 0.0487 e. The maximum atomic E-state index is 2.47. The van der Waals surface area contributed by atoms with Gasteiger partial charge in [-0.1, -0.05) is 87.8 Å². The Morgan fingerprint density at radius 3 is 1.19 bits per heavy atom. The van der Waals surface area contributed by atoms with E-state index in [-0.39, 0.29) is 0 Å². The first-order valence-corrected chi connectivity index (χ1v) is 17.2. The van der Waals surface area contributed by atoms with Gasteiger partial charge in [-0.2, -0.15) is 0 Å². The zero-order valence-electron chi connectivity index (χ0n) is 17.0. The minimum absolute atomic E-state index is 1.15. The van der Waals surface area contributed by atoms with E-state index >= 15 is 0 Å². The third kappa shape index (κ3) is 3.21. The van der Waals surface area contributed by atoms with Gasteiger partial charge >= 0.3 is 0 Å². The van der Waals surface area contributed by atoms with Crippen LogP contribution in [-0.4, -0.2) is 16.1 Å². The van der Waals surface area contributed by atoms with E-state index < -0.39 is 16.1 Å². The molecule has 0 aliphatic heterocycles. The predicted octanol–water partition coefficient (Wildman–Crippen LogP) is 7.42. The van der Waals surface area contributed by atoms with Crippen molar-refractivity contribution in [2.24, 2.45) is 0 Å². The van der Waals surface area contributed by atoms with Crippen molar-refractivity contribution in [3.05, 3.63) is 59.7 Å². The highest BCUT2D eigenvalue weighted by Crippen LogP contribution is 2.38. The third-order valence-electron chi connectivity index (χ3n) is 5.29. The van der Waals surface area contributed by atoms with Gasteiger partial charge in [-0.25, -0.2) is 0 Å². The van der Waals surface area contributed by atoms with Crippen LogP contribution in [0.15, 0.2) is 48.5 Å². The Balaban J connectivity index is 2.05. The van der Waals surface area contributed by atoms with E-state index in [9.17, 15) is 0 Å². The van der Waals surface area contributed by atoms with Crippen molar-refractivity contribution in [3.8, 4) is 0 Å². The van der Waals surface area contributed by atoms with E-state index in [1.807, 2.05) is 0 Å². The van der Waals surface area contributed by atoms with Gasteiger partial charge < -0.3 is 0 Å². The lowest BCUT2D eigenvalue weighted by atomic mass is 9.90. The summed E-state index contributed by atoms with van der Waals surface area (Å²) in [5.74, 6) is 0. The lowest BCUT2D eigenvalue weighted by Gasteiger charge is -2.21. The largest absolute Gasteiger partial charge is 0.0693 e. The molecule has 0 aliphatic carbocycles. The Kier molecular flexibility index (Phi) is 4.05. The first-order valence-electron chi connectivity index (χ1n) is 9.81. The Bertz CT molecular complexity index is 1000. The van der Waals surface area contributed by atoms with Crippen molar-refractivity contribution < 1.29 is 0 Å². The molecular formula is C24H30Si2. The van der Waals surface area contributed by atoms with Crippen LogP contribution in [0.25, 0.3) is 32.3 Å². The first-order chi connectivity index (χ1) is 12.1. The van der Waals surface area contributed by atoms with Gasteiger partial charge in [0.05, 0.1) is 0 Å². The summed E-state index contributed by atoms with van der Waals surface area (Å²) in [7, 11) is -2.30. The van der Waals surface area contributed by atoms with Gasteiger partial charge in [-0.05, 0) is 55.5 Å². The molecule has 0 spiro atoms. The smallest absolute Gasteiger partial charge is 0.0487 e. The van der Waals surface area contributed by atoms with Crippen LogP contribution in [0, 0.1) is 0 Å². The molecule has 0 fully saturated rings. The van der Waals surface area contributed by atoms with Gasteiger partial charge in [-0.3, -0.25) is 0 Å². The van der Waals surface area contributed by atoms with E-state index in [4.69, 9.17) is 0 Å². The molecule has 0 saturated heterocycles. The molecule has 0 radical (unpaired) electrons. The normalized spacial score (nSPS) is 13.3. The summed E-state index contributed by atoms with van der Waals surface area (Å²) >= 11 is 0. The highest BCUT2D eigenvalue weighted by atomic mass is 28.3. The van der Waals surface area contributed by atoms with Gasteiger partial charge in [0.15, 0.2) is 0 Å². The molecule has 134 valence electrons. The second-order valence-electron chi connectivity index (χ2n) is 10.3. The molecular weight excluding hydrogens is 344 g/mol. The Morgan fingerprint density at radius 2 is 0.846 bits per heavy atom. The summed E-state index contributed by atoms with van der Waals surface area (Å²) in [4.78, 5) is 0. The zero-order valence-corrected chi connectivity index (χ0v) is 19.0. The number of benzene rings is 4. The molecule has 4 aromatic rings. The average Bonchev–Trinajstić information content (AvgIpc) is 2.52. The molecule has 26 heavy (non-hydrogen) atoms. The van der Waals surface area contributed by atoms with Crippen LogP contribution < -0.4 is 0 Å². The number of rotatable bonds is 4. The fourth-order valence-electron chi connectivity index (χ4n) is 4.37. The van der Waals surface area contributed by atoms with E-state index in [1.54, 1.807) is 11.1 Å². The van der Waals surface area contributed by atoms with Crippen molar-refractivity contribution in [2.75, 3.05) is 0 Å². The van der Waals surface area contributed by atoms with Crippen molar-refractivity contribution in [3.63, 3.8) is 0 Å². The van der Waals surface area contributed by atoms with Crippen LogP contribution >= 0.6 is 0 Å². The Hall–Kier alpha value is -1.65. The zero-order chi connectivity index (χ0) is 18.7. The van der Waals surface area contributed by atoms with Crippen LogP contribution in [0.1, 0.15) is 11.1 Å². The van der Waals surface area contributed by atoms with E-state index in [0.717, 1.165) is 0 Å². The summed E-state index contributed by atoms with van der Waals surface area (Å²) in [6.45, 7) is 14.8. The van der Waals surface area contributed by atoms with Gasteiger partial charge in [0.2, 0.25) is 0 Å². The SMILES string of the molecule is C[Si](C)(C)Cc1ccc2ccc3c(C[Si](C)(C)C)ccc4ccc1c2c43. The Morgan fingerprint density at radius 1 is 0.500 bits per heavy atom. The first kappa shape index (κ1) is 17.8. The third-order valence-corrected chi connectivity index (χ3v) is 8.17. The molecule has 0 aromatic heterocycles. The molecule has 0 amide bonds. The maximum absolute atomic E-state index is 2.47. The van der Waals surface area contributed by atoms with Crippen LogP contribution in [0.3, 0.4) is 0 Å².